The monoisotopic (exact) mass is 381 g/mol. The Morgan fingerprint density at radius 2 is 2.21 bits per heavy atom. The number of nitrogens with zero attached hydrogens (tertiary/aromatic N) is 3. The van der Waals surface area contributed by atoms with Crippen molar-refractivity contribution in [3.05, 3.63) is 48.8 Å². The van der Waals surface area contributed by atoms with Gasteiger partial charge in [-0.25, -0.2) is 9.78 Å². The van der Waals surface area contributed by atoms with Crippen LogP contribution in [0.5, 0.6) is 0 Å². The molecule has 1 saturated heterocycles. The fraction of sp³-hybridized carbons (Fsp3) is 0.500. The fourth-order valence-electron chi connectivity index (χ4n) is 5.21. The van der Waals surface area contributed by atoms with Crippen LogP contribution in [0.2, 0.25) is 0 Å². The van der Waals surface area contributed by atoms with E-state index in [2.05, 4.69) is 29.9 Å². The zero-order chi connectivity index (χ0) is 19.9. The van der Waals surface area contributed by atoms with Crippen LogP contribution in [0.15, 0.2) is 43.1 Å². The average molecular weight is 381 g/mol. The topological polar surface area (TPSA) is 77.2 Å². The summed E-state index contributed by atoms with van der Waals surface area (Å²) in [7, 11) is 0. The molecule has 1 saturated carbocycles. The molecule has 0 aromatic carbocycles. The van der Waals surface area contributed by atoms with Crippen LogP contribution in [-0.2, 0) is 9.53 Å². The Morgan fingerprint density at radius 1 is 1.39 bits per heavy atom. The number of imidazole rings is 1. The van der Waals surface area contributed by atoms with Gasteiger partial charge < -0.3 is 14.4 Å². The molecule has 1 N–H and O–H groups in total. The van der Waals surface area contributed by atoms with E-state index in [9.17, 15) is 9.90 Å². The highest BCUT2D eigenvalue weighted by molar-refractivity contribution is 5.82. The lowest BCUT2D eigenvalue weighted by Crippen LogP contribution is -2.53. The van der Waals surface area contributed by atoms with E-state index in [4.69, 9.17) is 4.74 Å². The van der Waals surface area contributed by atoms with Crippen molar-refractivity contribution in [3.8, 4) is 5.69 Å². The van der Waals surface area contributed by atoms with Gasteiger partial charge in [0.2, 0.25) is 0 Å². The van der Waals surface area contributed by atoms with Crippen molar-refractivity contribution in [2.24, 2.45) is 23.7 Å². The Morgan fingerprint density at radius 3 is 2.86 bits per heavy atom. The van der Waals surface area contributed by atoms with Crippen LogP contribution in [-0.4, -0.2) is 37.3 Å². The second-order valence-electron chi connectivity index (χ2n) is 8.16. The van der Waals surface area contributed by atoms with E-state index >= 15 is 0 Å². The van der Waals surface area contributed by atoms with E-state index in [1.54, 1.807) is 12.5 Å². The molecule has 2 aliphatic rings. The number of fused-ring (bicyclic) bond motifs is 1. The molecule has 28 heavy (non-hydrogen) atoms. The minimum Gasteiger partial charge on any atom is -0.460 e. The Bertz CT molecular complexity index is 862. The molecule has 6 atom stereocenters. The van der Waals surface area contributed by atoms with Gasteiger partial charge in [0.15, 0.2) is 5.60 Å². The van der Waals surface area contributed by atoms with Gasteiger partial charge in [-0.2, -0.15) is 0 Å². The molecule has 0 spiro atoms. The number of carbonyl (C=O) groups is 1. The maximum Gasteiger partial charge on any atom is 0.338 e. The molecule has 2 fully saturated rings. The maximum atomic E-state index is 12.3. The normalized spacial score (nSPS) is 35.1. The number of aromatic nitrogens is 3. The molecule has 0 radical (unpaired) electrons. The van der Waals surface area contributed by atoms with Crippen LogP contribution in [0.1, 0.15) is 39.3 Å². The van der Waals surface area contributed by atoms with Crippen LogP contribution in [0.25, 0.3) is 11.8 Å². The number of hydrogen-bond donors (Lipinski definition) is 1. The Labute approximate surface area is 165 Å². The van der Waals surface area contributed by atoms with E-state index in [0.29, 0.717) is 12.3 Å². The van der Waals surface area contributed by atoms with Crippen molar-refractivity contribution < 1.29 is 14.6 Å². The molecule has 6 nitrogen and oxygen atoms in total. The minimum absolute atomic E-state index is 0.0651. The molecule has 1 aliphatic carbocycles. The van der Waals surface area contributed by atoms with E-state index in [-0.39, 0.29) is 23.9 Å². The molecule has 0 amide bonds. The summed E-state index contributed by atoms with van der Waals surface area (Å²) in [5.41, 5.74) is 0.418. The summed E-state index contributed by atoms with van der Waals surface area (Å²) >= 11 is 0. The van der Waals surface area contributed by atoms with E-state index in [1.165, 1.54) is 0 Å². The van der Waals surface area contributed by atoms with Crippen molar-refractivity contribution in [1.82, 2.24) is 14.5 Å². The van der Waals surface area contributed by atoms with E-state index in [1.807, 2.05) is 42.1 Å². The lowest BCUT2D eigenvalue weighted by molar-refractivity contribution is -0.160. The van der Waals surface area contributed by atoms with Crippen LogP contribution in [0.4, 0.5) is 0 Å². The highest BCUT2D eigenvalue weighted by atomic mass is 16.6. The first-order valence-electron chi connectivity index (χ1n) is 10.00. The summed E-state index contributed by atoms with van der Waals surface area (Å²) in [6.07, 6.45) is 12.5. The van der Waals surface area contributed by atoms with Gasteiger partial charge in [-0.1, -0.05) is 26.3 Å². The van der Waals surface area contributed by atoms with Crippen molar-refractivity contribution in [2.45, 2.75) is 45.3 Å². The number of esters is 1. The average Bonchev–Trinajstić information content (AvgIpc) is 3.27. The first kappa shape index (κ1) is 18.9. The number of aliphatic hydroxyl groups is 1. The molecule has 1 aliphatic heterocycles. The highest BCUT2D eigenvalue weighted by Gasteiger charge is 2.62. The number of ether oxygens (including phenoxy) is 1. The van der Waals surface area contributed by atoms with Crippen LogP contribution in [0, 0.1) is 23.7 Å². The molecule has 2 aromatic heterocycles. The predicted octanol–water partition coefficient (Wildman–Crippen LogP) is 3.26. The largest absolute Gasteiger partial charge is 0.460 e. The Balaban J connectivity index is 1.61. The molecule has 148 valence electrons. The fourth-order valence-corrected chi connectivity index (χ4v) is 5.21. The van der Waals surface area contributed by atoms with E-state index < -0.39 is 11.6 Å². The highest BCUT2D eigenvalue weighted by Crippen LogP contribution is 2.52. The number of carbonyl (C=O) groups excluding carboxylic acids is 1. The number of cyclic esters (lactones) is 1. The van der Waals surface area contributed by atoms with Gasteiger partial charge in [0.1, 0.15) is 6.10 Å². The first-order chi connectivity index (χ1) is 13.4. The zero-order valence-corrected chi connectivity index (χ0v) is 16.5. The number of rotatable bonds is 4. The maximum absolute atomic E-state index is 12.3. The molecular formula is C22H27N3O3. The van der Waals surface area contributed by atoms with Gasteiger partial charge >= 0.3 is 5.97 Å². The minimum atomic E-state index is -1.38. The quantitative estimate of drug-likeness (QED) is 0.823. The summed E-state index contributed by atoms with van der Waals surface area (Å²) in [6.45, 7) is 6.19. The molecule has 3 heterocycles. The zero-order valence-electron chi connectivity index (χ0n) is 16.5. The molecule has 1 unspecified atom stereocenters. The second kappa shape index (κ2) is 7.17. The standard InChI is InChI=1S/C22H27N3O3/c1-4-18-14(2)11-22(27)20(15(3)28-21(22)26)19(18)8-6-16-5-7-17(12-24-16)25-10-9-23-13-25/h5-10,12-15,18-20,27H,4,11H2,1-3H3/b8-6+/t14-,15+,18+,19?,20-,22-/m0/s1. The van der Waals surface area contributed by atoms with Crippen molar-refractivity contribution in [1.29, 1.82) is 0 Å². The smallest absolute Gasteiger partial charge is 0.338 e. The third-order valence-electron chi connectivity index (χ3n) is 6.51. The number of hydrogen-bond acceptors (Lipinski definition) is 5. The van der Waals surface area contributed by atoms with Crippen LogP contribution >= 0.6 is 0 Å². The third kappa shape index (κ3) is 3.05. The summed E-state index contributed by atoms with van der Waals surface area (Å²) in [5.74, 6) is 0.0181. The molecule has 2 aromatic rings. The van der Waals surface area contributed by atoms with Crippen molar-refractivity contribution in [2.75, 3.05) is 0 Å². The Hall–Kier alpha value is -2.47. The lowest BCUT2D eigenvalue weighted by Gasteiger charge is -2.45. The summed E-state index contributed by atoms with van der Waals surface area (Å²) < 4.78 is 7.35. The molecule has 6 heteroatoms. The Kier molecular flexibility index (Phi) is 4.83. The number of pyridine rings is 1. The summed E-state index contributed by atoms with van der Waals surface area (Å²) in [5, 5.41) is 11.1. The molecule has 0 bridgehead atoms. The van der Waals surface area contributed by atoms with Gasteiger partial charge in [0.25, 0.3) is 0 Å². The van der Waals surface area contributed by atoms with Gasteiger partial charge in [-0.3, -0.25) is 4.98 Å². The summed E-state index contributed by atoms with van der Waals surface area (Å²) in [4.78, 5) is 20.9. The molecule has 4 rings (SSSR count). The first-order valence-corrected chi connectivity index (χ1v) is 10.00. The summed E-state index contributed by atoms with van der Waals surface area (Å²) in [6, 6.07) is 3.96. The van der Waals surface area contributed by atoms with Gasteiger partial charge in [-0.05, 0) is 49.3 Å². The van der Waals surface area contributed by atoms with Gasteiger partial charge in [-0.15, -0.1) is 0 Å². The van der Waals surface area contributed by atoms with Crippen LogP contribution < -0.4 is 0 Å². The predicted molar refractivity (Wildman–Crippen MR) is 105 cm³/mol. The molecular weight excluding hydrogens is 354 g/mol. The van der Waals surface area contributed by atoms with Gasteiger partial charge in [0.05, 0.1) is 23.9 Å². The SMILES string of the molecule is CC[C@H]1C(/C=C/c2ccc(-n3ccnc3)cn2)[C@@H]2[C@@H](C)OC(=O)[C@]2(O)C[C@@H]1C. The second-order valence-corrected chi connectivity index (χ2v) is 8.16. The third-order valence-corrected chi connectivity index (χ3v) is 6.51. The van der Waals surface area contributed by atoms with Crippen molar-refractivity contribution >= 4 is 12.0 Å². The lowest BCUT2D eigenvalue weighted by atomic mass is 9.59. The number of allylic oxidation sites excluding steroid dienone is 1. The van der Waals surface area contributed by atoms with Crippen LogP contribution in [0.3, 0.4) is 0 Å². The van der Waals surface area contributed by atoms with E-state index in [0.717, 1.165) is 17.8 Å². The van der Waals surface area contributed by atoms with Crippen molar-refractivity contribution in [3.63, 3.8) is 0 Å². The van der Waals surface area contributed by atoms with Gasteiger partial charge in [0, 0.05) is 18.3 Å².